The van der Waals surface area contributed by atoms with E-state index in [0.717, 1.165) is 57.8 Å². The van der Waals surface area contributed by atoms with Gasteiger partial charge in [-0.05, 0) is 43.4 Å². The van der Waals surface area contributed by atoms with Gasteiger partial charge in [0.1, 0.15) is 5.82 Å². The van der Waals surface area contributed by atoms with E-state index in [9.17, 15) is 9.59 Å². The number of imide groups is 1. The summed E-state index contributed by atoms with van der Waals surface area (Å²) in [6.45, 7) is 11.7. The van der Waals surface area contributed by atoms with Crippen molar-refractivity contribution in [3.63, 3.8) is 0 Å². The lowest BCUT2D eigenvalue weighted by molar-refractivity contribution is -0.167. The van der Waals surface area contributed by atoms with Crippen molar-refractivity contribution in [2.75, 3.05) is 44.2 Å². The number of aromatic nitrogens is 1. The largest absolute Gasteiger partial charge is 0.354 e. The van der Waals surface area contributed by atoms with E-state index in [1.54, 1.807) is 4.90 Å². The highest BCUT2D eigenvalue weighted by molar-refractivity contribution is 6.03. The Kier molecular flexibility index (Phi) is 4.94. The molecule has 0 aromatic carbocycles. The second-order valence-corrected chi connectivity index (χ2v) is 9.31. The number of piperidine rings is 1. The first-order chi connectivity index (χ1) is 13.3. The van der Waals surface area contributed by atoms with Crippen LogP contribution in [0.4, 0.5) is 5.82 Å². The van der Waals surface area contributed by atoms with Crippen molar-refractivity contribution in [2.24, 2.45) is 16.7 Å². The number of likely N-dealkylation sites (tertiary alicyclic amines) is 1. The van der Waals surface area contributed by atoms with E-state index in [0.29, 0.717) is 6.54 Å². The molecule has 2 aliphatic heterocycles. The van der Waals surface area contributed by atoms with Gasteiger partial charge in [0, 0.05) is 44.8 Å². The lowest BCUT2D eigenvalue weighted by atomic mass is 9.62. The van der Waals surface area contributed by atoms with Crippen LogP contribution in [0.25, 0.3) is 0 Å². The number of fused-ring (bicyclic) bond motifs is 2. The maximum absolute atomic E-state index is 13.1. The predicted molar refractivity (Wildman–Crippen MR) is 109 cm³/mol. The molecule has 152 valence electrons. The summed E-state index contributed by atoms with van der Waals surface area (Å²) in [6, 6.07) is 6.02. The Balaban J connectivity index is 1.28. The smallest absolute Gasteiger partial charge is 0.235 e. The number of pyridine rings is 1. The van der Waals surface area contributed by atoms with Crippen molar-refractivity contribution in [1.29, 1.82) is 0 Å². The minimum absolute atomic E-state index is 0.00267. The Morgan fingerprint density at radius 2 is 1.82 bits per heavy atom. The molecule has 2 saturated heterocycles. The van der Waals surface area contributed by atoms with Gasteiger partial charge in [0.25, 0.3) is 0 Å². The number of amides is 2. The zero-order chi connectivity index (χ0) is 19.9. The molecule has 3 fully saturated rings. The number of hydrogen-bond acceptors (Lipinski definition) is 5. The monoisotopic (exact) mass is 384 g/mol. The molecule has 0 N–H and O–H groups in total. The molecule has 2 bridgehead atoms. The van der Waals surface area contributed by atoms with Gasteiger partial charge in [-0.2, -0.15) is 0 Å². The lowest BCUT2D eigenvalue weighted by Gasteiger charge is -2.47. The molecule has 4 rings (SSSR count). The Morgan fingerprint density at radius 1 is 1.07 bits per heavy atom. The van der Waals surface area contributed by atoms with Gasteiger partial charge in [0.05, 0.1) is 5.41 Å². The molecule has 0 spiro atoms. The fraction of sp³-hybridized carbons (Fsp3) is 0.682. The molecule has 1 aromatic rings. The SMILES string of the molecule is CC12CCC(C(=O)N(CCCN3CCN(c4ccccn4)CC3)C1=O)C2(C)C. The maximum atomic E-state index is 13.1. The van der Waals surface area contributed by atoms with Crippen LogP contribution in [0.15, 0.2) is 24.4 Å². The van der Waals surface area contributed by atoms with Gasteiger partial charge in [0.2, 0.25) is 11.8 Å². The molecular formula is C22H32N4O2. The third-order valence-electron chi connectivity index (χ3n) is 7.71. The van der Waals surface area contributed by atoms with E-state index in [-0.39, 0.29) is 28.6 Å². The maximum Gasteiger partial charge on any atom is 0.235 e. The molecule has 6 nitrogen and oxygen atoms in total. The Hall–Kier alpha value is -1.95. The summed E-state index contributed by atoms with van der Waals surface area (Å²) in [5.74, 6) is 1.15. The third kappa shape index (κ3) is 3.02. The molecule has 1 aliphatic carbocycles. The van der Waals surface area contributed by atoms with Crippen LogP contribution in [0, 0.1) is 16.7 Å². The van der Waals surface area contributed by atoms with E-state index < -0.39 is 0 Å². The van der Waals surface area contributed by atoms with Crippen molar-refractivity contribution >= 4 is 17.6 Å². The highest BCUT2D eigenvalue weighted by Crippen LogP contribution is 2.60. The molecule has 2 atom stereocenters. The quantitative estimate of drug-likeness (QED) is 0.730. The highest BCUT2D eigenvalue weighted by atomic mass is 16.2. The average molecular weight is 385 g/mol. The molecular weight excluding hydrogens is 352 g/mol. The van der Waals surface area contributed by atoms with Gasteiger partial charge in [-0.15, -0.1) is 0 Å². The van der Waals surface area contributed by atoms with Crippen LogP contribution in [0.1, 0.15) is 40.0 Å². The number of carbonyl (C=O) groups excluding carboxylic acids is 2. The molecule has 6 heteroatoms. The summed E-state index contributed by atoms with van der Waals surface area (Å²) in [7, 11) is 0. The minimum atomic E-state index is -0.389. The van der Waals surface area contributed by atoms with Crippen LogP contribution in [0.2, 0.25) is 0 Å². The van der Waals surface area contributed by atoms with Gasteiger partial charge >= 0.3 is 0 Å². The van der Waals surface area contributed by atoms with Gasteiger partial charge in [-0.3, -0.25) is 19.4 Å². The van der Waals surface area contributed by atoms with E-state index in [4.69, 9.17) is 0 Å². The summed E-state index contributed by atoms with van der Waals surface area (Å²) in [4.78, 5) is 36.8. The Morgan fingerprint density at radius 3 is 2.50 bits per heavy atom. The van der Waals surface area contributed by atoms with Gasteiger partial charge in [-0.25, -0.2) is 4.98 Å². The van der Waals surface area contributed by atoms with Crippen LogP contribution in [0.5, 0.6) is 0 Å². The molecule has 2 amide bonds. The number of carbonyl (C=O) groups is 2. The first-order valence-electron chi connectivity index (χ1n) is 10.6. The molecule has 1 aromatic heterocycles. The van der Waals surface area contributed by atoms with E-state index in [1.165, 1.54) is 0 Å². The lowest BCUT2D eigenvalue weighted by Crippen LogP contribution is -2.59. The summed E-state index contributed by atoms with van der Waals surface area (Å²) in [5, 5.41) is 0. The van der Waals surface area contributed by atoms with E-state index in [2.05, 4.69) is 41.6 Å². The minimum Gasteiger partial charge on any atom is -0.354 e. The Bertz CT molecular complexity index is 742. The van der Waals surface area contributed by atoms with Gasteiger partial charge < -0.3 is 4.90 Å². The predicted octanol–water partition coefficient (Wildman–Crippen LogP) is 2.41. The third-order valence-corrected chi connectivity index (χ3v) is 7.71. The van der Waals surface area contributed by atoms with Gasteiger partial charge in [0.15, 0.2) is 0 Å². The normalized spacial score (nSPS) is 30.2. The van der Waals surface area contributed by atoms with Gasteiger partial charge in [-0.1, -0.05) is 26.8 Å². The van der Waals surface area contributed by atoms with E-state index >= 15 is 0 Å². The second kappa shape index (κ2) is 7.14. The Labute approximate surface area is 167 Å². The standard InChI is InChI=1S/C22H32N4O2/c1-21(2)17-8-9-22(21,3)20(28)26(19(17)27)12-6-11-24-13-15-25(16-14-24)18-7-4-5-10-23-18/h4-5,7,10,17H,6,8-9,11-16H2,1-3H3. The summed E-state index contributed by atoms with van der Waals surface area (Å²) >= 11 is 0. The first kappa shape index (κ1) is 19.4. The van der Waals surface area contributed by atoms with Crippen LogP contribution in [-0.2, 0) is 9.59 Å². The number of rotatable bonds is 5. The van der Waals surface area contributed by atoms with Crippen LogP contribution in [0.3, 0.4) is 0 Å². The summed E-state index contributed by atoms with van der Waals surface area (Å²) in [5.41, 5.74) is -0.612. The van der Waals surface area contributed by atoms with Crippen LogP contribution in [-0.4, -0.2) is 65.9 Å². The molecule has 0 radical (unpaired) electrons. The highest BCUT2D eigenvalue weighted by Gasteiger charge is 2.64. The fourth-order valence-electron chi connectivity index (χ4n) is 5.31. The van der Waals surface area contributed by atoms with Crippen molar-refractivity contribution in [1.82, 2.24) is 14.8 Å². The van der Waals surface area contributed by atoms with E-state index in [1.807, 2.05) is 18.3 Å². The molecule has 1 saturated carbocycles. The molecule has 2 unspecified atom stereocenters. The number of nitrogens with zero attached hydrogens (tertiary/aromatic N) is 4. The van der Waals surface area contributed by atoms with Crippen molar-refractivity contribution in [3.05, 3.63) is 24.4 Å². The number of anilines is 1. The molecule has 3 heterocycles. The summed E-state index contributed by atoms with van der Waals surface area (Å²) < 4.78 is 0. The topological polar surface area (TPSA) is 56.8 Å². The van der Waals surface area contributed by atoms with Crippen LogP contribution >= 0.6 is 0 Å². The molecule has 28 heavy (non-hydrogen) atoms. The first-order valence-corrected chi connectivity index (χ1v) is 10.6. The average Bonchev–Trinajstić information content (AvgIpc) is 2.89. The number of piperazine rings is 1. The fourth-order valence-corrected chi connectivity index (χ4v) is 5.31. The van der Waals surface area contributed by atoms with Crippen molar-refractivity contribution in [3.8, 4) is 0 Å². The second-order valence-electron chi connectivity index (χ2n) is 9.31. The zero-order valence-electron chi connectivity index (χ0n) is 17.4. The van der Waals surface area contributed by atoms with Crippen molar-refractivity contribution < 1.29 is 9.59 Å². The number of hydrogen-bond donors (Lipinski definition) is 0. The molecule has 3 aliphatic rings. The van der Waals surface area contributed by atoms with Crippen LogP contribution < -0.4 is 4.90 Å². The summed E-state index contributed by atoms with van der Waals surface area (Å²) in [6.07, 6.45) is 4.37. The van der Waals surface area contributed by atoms with Crippen molar-refractivity contribution in [2.45, 2.75) is 40.0 Å². The zero-order valence-corrected chi connectivity index (χ0v) is 17.4.